The number of nitrogens with one attached hydrogen (secondary N) is 1. The molecule has 0 radical (unpaired) electrons. The number of amides is 1. The average molecular weight is 270 g/mol. The van der Waals surface area contributed by atoms with Crippen LogP contribution in [0.2, 0.25) is 0 Å². The molecule has 2 aliphatic rings. The van der Waals surface area contributed by atoms with Crippen molar-refractivity contribution in [2.45, 2.75) is 63.9 Å². The lowest BCUT2D eigenvalue weighted by Gasteiger charge is -2.22. The van der Waals surface area contributed by atoms with Crippen LogP contribution in [-0.4, -0.2) is 37.0 Å². The lowest BCUT2D eigenvalue weighted by Crippen LogP contribution is -2.44. The summed E-state index contributed by atoms with van der Waals surface area (Å²) in [7, 11) is 0. The Hall–Kier alpha value is -0.650. The zero-order chi connectivity index (χ0) is 13.9. The van der Waals surface area contributed by atoms with Gasteiger partial charge in [0, 0.05) is 12.6 Å². The van der Waals surface area contributed by atoms with Gasteiger partial charge in [0.1, 0.15) is 6.10 Å². The summed E-state index contributed by atoms with van der Waals surface area (Å²) < 4.78 is 11.1. The van der Waals surface area contributed by atoms with Crippen molar-refractivity contribution in [1.29, 1.82) is 0 Å². The minimum atomic E-state index is -0.534. The highest BCUT2D eigenvalue weighted by Crippen LogP contribution is 2.23. The molecule has 2 rings (SSSR count). The molecule has 0 aromatic carbocycles. The summed E-state index contributed by atoms with van der Waals surface area (Å²) in [6.45, 7) is 4.81. The maximum Gasteiger partial charge on any atom is 0.224 e. The molecular formula is C14H26N2O3. The number of carbonyl (C=O) groups excluding carboxylic acids is 1. The predicted molar refractivity (Wildman–Crippen MR) is 72.5 cm³/mol. The number of ether oxygens (including phenoxy) is 2. The van der Waals surface area contributed by atoms with Crippen molar-refractivity contribution in [3.8, 4) is 0 Å². The van der Waals surface area contributed by atoms with Crippen LogP contribution < -0.4 is 11.1 Å². The monoisotopic (exact) mass is 270 g/mol. The molecule has 3 unspecified atom stereocenters. The molecule has 3 N–H and O–H groups in total. The molecule has 0 aromatic rings. The van der Waals surface area contributed by atoms with Gasteiger partial charge in [-0.25, -0.2) is 0 Å². The van der Waals surface area contributed by atoms with E-state index in [4.69, 9.17) is 15.2 Å². The summed E-state index contributed by atoms with van der Waals surface area (Å²) in [5.74, 6) is -0.505. The van der Waals surface area contributed by atoms with Gasteiger partial charge < -0.3 is 20.5 Å². The van der Waals surface area contributed by atoms with Crippen molar-refractivity contribution in [1.82, 2.24) is 5.32 Å². The maximum absolute atomic E-state index is 12.2. The van der Waals surface area contributed by atoms with Gasteiger partial charge in [0.15, 0.2) is 5.79 Å². The van der Waals surface area contributed by atoms with Gasteiger partial charge in [-0.1, -0.05) is 19.3 Å². The van der Waals surface area contributed by atoms with Crippen molar-refractivity contribution >= 4 is 5.91 Å². The Bertz CT molecular complexity index is 320. The zero-order valence-electron chi connectivity index (χ0n) is 12.0. The summed E-state index contributed by atoms with van der Waals surface area (Å²) in [6, 6.07) is -0.000289. The van der Waals surface area contributed by atoms with Crippen molar-refractivity contribution in [3.63, 3.8) is 0 Å². The number of nitrogens with two attached hydrogens (primary N) is 1. The van der Waals surface area contributed by atoms with E-state index in [1.165, 1.54) is 6.42 Å². The Kier molecular flexibility index (Phi) is 4.81. The Morgan fingerprint density at radius 3 is 2.74 bits per heavy atom. The first kappa shape index (κ1) is 14.8. The molecule has 1 saturated heterocycles. The van der Waals surface area contributed by atoms with E-state index in [2.05, 4.69) is 5.32 Å². The third-order valence-corrected chi connectivity index (χ3v) is 3.98. The Morgan fingerprint density at radius 1 is 1.32 bits per heavy atom. The number of hydrogen-bond donors (Lipinski definition) is 2. The molecule has 1 heterocycles. The molecule has 19 heavy (non-hydrogen) atoms. The van der Waals surface area contributed by atoms with E-state index in [9.17, 15) is 4.79 Å². The molecule has 1 saturated carbocycles. The third kappa shape index (κ3) is 4.16. The van der Waals surface area contributed by atoms with Gasteiger partial charge >= 0.3 is 0 Å². The smallest absolute Gasteiger partial charge is 0.224 e. The van der Waals surface area contributed by atoms with E-state index in [1.807, 2.05) is 13.8 Å². The first-order valence-electron chi connectivity index (χ1n) is 7.33. The number of rotatable bonds is 3. The SMILES string of the molecule is CC1(C)OCC(CNC(=O)C2CCCCCC2N)O1. The topological polar surface area (TPSA) is 73.6 Å². The van der Waals surface area contributed by atoms with Crippen LogP contribution in [0.25, 0.3) is 0 Å². The van der Waals surface area contributed by atoms with Gasteiger partial charge in [-0.2, -0.15) is 0 Å². The Balaban J connectivity index is 1.77. The fraction of sp³-hybridized carbons (Fsp3) is 0.929. The van der Waals surface area contributed by atoms with E-state index in [0.29, 0.717) is 13.2 Å². The maximum atomic E-state index is 12.2. The van der Waals surface area contributed by atoms with Crippen molar-refractivity contribution < 1.29 is 14.3 Å². The van der Waals surface area contributed by atoms with E-state index in [1.54, 1.807) is 0 Å². The van der Waals surface area contributed by atoms with Crippen LogP contribution >= 0.6 is 0 Å². The van der Waals surface area contributed by atoms with Crippen molar-refractivity contribution in [3.05, 3.63) is 0 Å². The largest absolute Gasteiger partial charge is 0.353 e. The van der Waals surface area contributed by atoms with Gasteiger partial charge in [0.05, 0.1) is 12.5 Å². The Morgan fingerprint density at radius 2 is 2.05 bits per heavy atom. The molecule has 2 fully saturated rings. The third-order valence-electron chi connectivity index (χ3n) is 3.98. The van der Waals surface area contributed by atoms with Crippen molar-refractivity contribution in [2.75, 3.05) is 13.2 Å². The number of hydrogen-bond acceptors (Lipinski definition) is 4. The van der Waals surface area contributed by atoms with Crippen LogP contribution in [0.4, 0.5) is 0 Å². The minimum absolute atomic E-state index is 0.000289. The second-order valence-electron chi connectivity index (χ2n) is 6.10. The van der Waals surface area contributed by atoms with Gasteiger partial charge in [-0.3, -0.25) is 4.79 Å². The highest BCUT2D eigenvalue weighted by Gasteiger charge is 2.33. The minimum Gasteiger partial charge on any atom is -0.353 e. The molecule has 110 valence electrons. The molecule has 0 aromatic heterocycles. The molecular weight excluding hydrogens is 244 g/mol. The van der Waals surface area contributed by atoms with E-state index in [-0.39, 0.29) is 24.0 Å². The fourth-order valence-corrected chi connectivity index (χ4v) is 2.87. The summed E-state index contributed by atoms with van der Waals surface area (Å²) in [5, 5.41) is 2.97. The average Bonchev–Trinajstić information content (AvgIpc) is 2.56. The zero-order valence-corrected chi connectivity index (χ0v) is 12.0. The van der Waals surface area contributed by atoms with Gasteiger partial charge in [-0.05, 0) is 26.7 Å². The predicted octanol–water partition coefficient (Wildman–Crippen LogP) is 1.16. The molecule has 3 atom stereocenters. The van der Waals surface area contributed by atoms with Gasteiger partial charge in [0.2, 0.25) is 5.91 Å². The van der Waals surface area contributed by atoms with E-state index in [0.717, 1.165) is 25.7 Å². The summed E-state index contributed by atoms with van der Waals surface area (Å²) in [4.78, 5) is 12.2. The van der Waals surface area contributed by atoms with Gasteiger partial charge in [-0.15, -0.1) is 0 Å². The number of carbonyl (C=O) groups is 1. The van der Waals surface area contributed by atoms with Crippen LogP contribution in [-0.2, 0) is 14.3 Å². The molecule has 0 spiro atoms. The van der Waals surface area contributed by atoms with E-state index >= 15 is 0 Å². The second kappa shape index (κ2) is 6.20. The fourth-order valence-electron chi connectivity index (χ4n) is 2.87. The summed E-state index contributed by atoms with van der Waals surface area (Å²) >= 11 is 0. The summed E-state index contributed by atoms with van der Waals surface area (Å²) in [6.07, 6.45) is 5.22. The molecule has 0 bridgehead atoms. The quantitative estimate of drug-likeness (QED) is 0.755. The molecule has 1 aliphatic heterocycles. The highest BCUT2D eigenvalue weighted by atomic mass is 16.7. The normalized spacial score (nSPS) is 34.8. The van der Waals surface area contributed by atoms with Crippen LogP contribution in [0.3, 0.4) is 0 Å². The molecule has 5 heteroatoms. The highest BCUT2D eigenvalue weighted by molar-refractivity contribution is 5.79. The van der Waals surface area contributed by atoms with Crippen LogP contribution in [0.1, 0.15) is 46.0 Å². The molecule has 1 aliphatic carbocycles. The lowest BCUT2D eigenvalue weighted by atomic mass is 9.94. The first-order chi connectivity index (χ1) is 8.98. The molecule has 5 nitrogen and oxygen atoms in total. The first-order valence-corrected chi connectivity index (χ1v) is 7.33. The lowest BCUT2D eigenvalue weighted by molar-refractivity contribution is -0.140. The van der Waals surface area contributed by atoms with Crippen LogP contribution in [0.5, 0.6) is 0 Å². The molecule has 1 amide bonds. The second-order valence-corrected chi connectivity index (χ2v) is 6.10. The van der Waals surface area contributed by atoms with Crippen molar-refractivity contribution in [2.24, 2.45) is 11.7 Å². The van der Waals surface area contributed by atoms with Gasteiger partial charge in [0.25, 0.3) is 0 Å². The van der Waals surface area contributed by atoms with Crippen LogP contribution in [0.15, 0.2) is 0 Å². The Labute approximate surface area is 115 Å². The standard InChI is InChI=1S/C14H26N2O3/c1-14(2)18-9-10(19-14)8-16-13(17)11-6-4-3-5-7-12(11)15/h10-12H,3-9,15H2,1-2H3,(H,16,17). The summed E-state index contributed by atoms with van der Waals surface area (Å²) in [5.41, 5.74) is 6.09. The van der Waals surface area contributed by atoms with E-state index < -0.39 is 5.79 Å². The van der Waals surface area contributed by atoms with Crippen LogP contribution in [0, 0.1) is 5.92 Å².